The van der Waals surface area contributed by atoms with E-state index in [9.17, 15) is 23.2 Å². The molecule has 25 heavy (non-hydrogen) atoms. The van der Waals surface area contributed by atoms with Crippen LogP contribution in [-0.4, -0.2) is 36.6 Å². The minimum Gasteiger partial charge on any atom is -0.444 e. The number of amides is 3. The fourth-order valence-electron chi connectivity index (χ4n) is 1.64. The number of carbonyl (C=O) groups is 3. The number of carbonyl (C=O) groups excluding carboxylic acids is 3. The largest absolute Gasteiger partial charge is 0.444 e. The second-order valence-electron chi connectivity index (χ2n) is 6.13. The summed E-state index contributed by atoms with van der Waals surface area (Å²) in [5.74, 6) is -3.17. The van der Waals surface area contributed by atoms with Crippen molar-refractivity contribution in [3.8, 4) is 0 Å². The summed E-state index contributed by atoms with van der Waals surface area (Å²) >= 11 is 0. The Bertz CT molecular complexity index is 645. The molecule has 0 fully saturated rings. The van der Waals surface area contributed by atoms with Gasteiger partial charge in [0.15, 0.2) is 11.6 Å². The molecule has 0 radical (unpaired) electrons. The molecule has 0 unspecified atom stereocenters. The zero-order valence-electron chi connectivity index (χ0n) is 14.2. The van der Waals surface area contributed by atoms with Gasteiger partial charge in [0, 0.05) is 24.7 Å². The van der Waals surface area contributed by atoms with Crippen molar-refractivity contribution < 1.29 is 27.9 Å². The lowest BCUT2D eigenvalue weighted by atomic mass is 10.2. The van der Waals surface area contributed by atoms with E-state index >= 15 is 0 Å². The van der Waals surface area contributed by atoms with Gasteiger partial charge in [0.1, 0.15) is 5.60 Å². The third kappa shape index (κ3) is 8.63. The van der Waals surface area contributed by atoms with Crippen LogP contribution in [0.3, 0.4) is 0 Å². The minimum atomic E-state index is -1.09. The molecule has 0 aliphatic carbocycles. The highest BCUT2D eigenvalue weighted by Gasteiger charge is 2.16. The minimum absolute atomic E-state index is 0.0439. The maximum Gasteiger partial charge on any atom is 0.407 e. The second kappa shape index (κ2) is 8.95. The van der Waals surface area contributed by atoms with E-state index in [2.05, 4.69) is 16.0 Å². The summed E-state index contributed by atoms with van der Waals surface area (Å²) in [4.78, 5) is 34.6. The summed E-state index contributed by atoms with van der Waals surface area (Å²) in [6.07, 6.45) is -0.686. The highest BCUT2D eigenvalue weighted by molar-refractivity contribution is 5.94. The lowest BCUT2D eigenvalue weighted by molar-refractivity contribution is -0.124. The first-order valence-electron chi connectivity index (χ1n) is 7.55. The van der Waals surface area contributed by atoms with Crippen molar-refractivity contribution in [2.45, 2.75) is 32.8 Å². The molecule has 1 aromatic rings. The van der Waals surface area contributed by atoms with Crippen LogP contribution in [-0.2, 0) is 14.3 Å². The van der Waals surface area contributed by atoms with Crippen LogP contribution in [0.4, 0.5) is 19.3 Å². The summed E-state index contributed by atoms with van der Waals surface area (Å²) in [7, 11) is 0. The first kappa shape index (κ1) is 20.3. The Morgan fingerprint density at radius 1 is 1.04 bits per heavy atom. The van der Waals surface area contributed by atoms with Gasteiger partial charge in [0.25, 0.3) is 0 Å². The molecule has 0 heterocycles. The molecule has 7 nitrogen and oxygen atoms in total. The normalized spacial score (nSPS) is 10.8. The molecular weight excluding hydrogens is 336 g/mol. The van der Waals surface area contributed by atoms with Crippen molar-refractivity contribution in [3.05, 3.63) is 29.8 Å². The van der Waals surface area contributed by atoms with Crippen LogP contribution in [0.1, 0.15) is 27.2 Å². The molecule has 138 valence electrons. The van der Waals surface area contributed by atoms with Gasteiger partial charge in [-0.1, -0.05) is 0 Å². The summed E-state index contributed by atoms with van der Waals surface area (Å²) in [6.45, 7) is 4.84. The predicted octanol–water partition coefficient (Wildman–Crippen LogP) is 1.93. The van der Waals surface area contributed by atoms with Crippen molar-refractivity contribution >= 4 is 23.6 Å². The molecule has 0 saturated heterocycles. The highest BCUT2D eigenvalue weighted by atomic mass is 19.2. The maximum absolute atomic E-state index is 13.0. The molecule has 1 rings (SSSR count). The Hall–Kier alpha value is -2.71. The van der Waals surface area contributed by atoms with Gasteiger partial charge in [-0.15, -0.1) is 0 Å². The zero-order chi connectivity index (χ0) is 19.0. The van der Waals surface area contributed by atoms with Gasteiger partial charge in [0.05, 0.1) is 6.54 Å². The van der Waals surface area contributed by atoms with Crippen molar-refractivity contribution in [3.63, 3.8) is 0 Å². The smallest absolute Gasteiger partial charge is 0.407 e. The number of nitrogens with one attached hydrogen (secondary N) is 3. The van der Waals surface area contributed by atoms with Crippen molar-refractivity contribution in [1.29, 1.82) is 0 Å². The van der Waals surface area contributed by atoms with Gasteiger partial charge in [-0.25, -0.2) is 13.6 Å². The van der Waals surface area contributed by atoms with Crippen molar-refractivity contribution in [2.24, 2.45) is 0 Å². The summed E-state index contributed by atoms with van der Waals surface area (Å²) in [5.41, 5.74) is -0.561. The number of anilines is 1. The molecule has 0 aliphatic rings. The molecule has 0 atom stereocenters. The molecule has 3 N–H and O–H groups in total. The van der Waals surface area contributed by atoms with Crippen molar-refractivity contribution in [2.75, 3.05) is 18.4 Å². The number of hydrogen-bond acceptors (Lipinski definition) is 4. The molecule has 0 spiro atoms. The lowest BCUT2D eigenvalue weighted by Gasteiger charge is -2.19. The standard InChI is InChI=1S/C16H21F2N3O4/c1-16(2,3)25-15(24)19-7-6-13(22)20-9-14(23)21-10-4-5-11(17)12(18)8-10/h4-5,8H,6-7,9H2,1-3H3,(H,19,24)(H,20,22)(H,21,23). The topological polar surface area (TPSA) is 96.5 Å². The Kier molecular flexibility index (Phi) is 7.28. The monoisotopic (exact) mass is 357 g/mol. The van der Waals surface area contributed by atoms with Crippen molar-refractivity contribution in [1.82, 2.24) is 10.6 Å². The van der Waals surface area contributed by atoms with Crippen LogP contribution in [0.15, 0.2) is 18.2 Å². The summed E-state index contributed by atoms with van der Waals surface area (Å²) < 4.78 is 30.8. The third-order valence-corrected chi connectivity index (χ3v) is 2.67. The quantitative estimate of drug-likeness (QED) is 0.725. The van der Waals surface area contributed by atoms with E-state index in [4.69, 9.17) is 4.74 Å². The summed E-state index contributed by atoms with van der Waals surface area (Å²) in [5, 5.41) is 7.06. The van der Waals surface area contributed by atoms with E-state index in [1.807, 2.05) is 0 Å². The molecule has 3 amide bonds. The van der Waals surface area contributed by atoms with E-state index in [1.165, 1.54) is 6.07 Å². The Morgan fingerprint density at radius 2 is 1.72 bits per heavy atom. The Morgan fingerprint density at radius 3 is 2.32 bits per heavy atom. The number of ether oxygens (including phenoxy) is 1. The number of halogens is 2. The van der Waals surface area contributed by atoms with E-state index in [0.717, 1.165) is 12.1 Å². The average molecular weight is 357 g/mol. The molecule has 1 aromatic carbocycles. The average Bonchev–Trinajstić information content (AvgIpc) is 2.47. The van der Waals surface area contributed by atoms with Crippen LogP contribution in [0.25, 0.3) is 0 Å². The molecule has 0 bridgehead atoms. The molecule has 0 aromatic heterocycles. The first-order valence-corrected chi connectivity index (χ1v) is 7.55. The van der Waals surface area contributed by atoms with Crippen LogP contribution >= 0.6 is 0 Å². The first-order chi connectivity index (χ1) is 11.6. The predicted molar refractivity (Wildman–Crippen MR) is 86.9 cm³/mol. The Labute approximate surface area is 144 Å². The molecular formula is C16H21F2N3O4. The second-order valence-corrected chi connectivity index (χ2v) is 6.13. The summed E-state index contributed by atoms with van der Waals surface area (Å²) in [6, 6.07) is 2.91. The van der Waals surface area contributed by atoms with Gasteiger partial charge in [-0.2, -0.15) is 0 Å². The Balaban J connectivity index is 2.26. The van der Waals surface area contributed by atoms with E-state index in [1.54, 1.807) is 20.8 Å². The van der Waals surface area contributed by atoms with Gasteiger partial charge in [-0.3, -0.25) is 9.59 Å². The van der Waals surface area contributed by atoms with Crippen LogP contribution in [0, 0.1) is 11.6 Å². The van der Waals surface area contributed by atoms with Crippen LogP contribution < -0.4 is 16.0 Å². The number of rotatable bonds is 6. The fraction of sp³-hybridized carbons (Fsp3) is 0.438. The van der Waals surface area contributed by atoms with E-state index in [0.29, 0.717) is 0 Å². The maximum atomic E-state index is 13.0. The lowest BCUT2D eigenvalue weighted by Crippen LogP contribution is -2.37. The van der Waals surface area contributed by atoms with Gasteiger partial charge >= 0.3 is 6.09 Å². The third-order valence-electron chi connectivity index (χ3n) is 2.67. The number of benzene rings is 1. The number of alkyl carbamates (subject to hydrolysis) is 1. The fourth-order valence-corrected chi connectivity index (χ4v) is 1.64. The molecule has 0 aliphatic heterocycles. The van der Waals surface area contributed by atoms with E-state index in [-0.39, 0.29) is 25.2 Å². The van der Waals surface area contributed by atoms with Gasteiger partial charge < -0.3 is 20.7 Å². The number of hydrogen-bond donors (Lipinski definition) is 3. The van der Waals surface area contributed by atoms with Crippen LogP contribution in [0.2, 0.25) is 0 Å². The molecule has 0 saturated carbocycles. The highest BCUT2D eigenvalue weighted by Crippen LogP contribution is 2.12. The van der Waals surface area contributed by atoms with Gasteiger partial charge in [0.2, 0.25) is 11.8 Å². The van der Waals surface area contributed by atoms with Crippen LogP contribution in [0.5, 0.6) is 0 Å². The zero-order valence-corrected chi connectivity index (χ0v) is 14.2. The molecule has 9 heteroatoms. The van der Waals surface area contributed by atoms with Gasteiger partial charge in [-0.05, 0) is 32.9 Å². The SMILES string of the molecule is CC(C)(C)OC(=O)NCCC(=O)NCC(=O)Nc1ccc(F)c(F)c1. The van der Waals surface area contributed by atoms with E-state index < -0.39 is 35.1 Å².